The van der Waals surface area contributed by atoms with Gasteiger partial charge in [0.25, 0.3) is 5.91 Å². The van der Waals surface area contributed by atoms with Gasteiger partial charge in [-0.05, 0) is 49.8 Å². The number of aliphatic hydroxyl groups is 1. The Hall–Kier alpha value is -1.75. The lowest BCUT2D eigenvalue weighted by molar-refractivity contribution is 0.0828. The highest BCUT2D eigenvalue weighted by Crippen LogP contribution is 2.26. The fraction of sp³-hybridized carbons (Fsp3) is 0.562. The maximum atomic E-state index is 12.2. The van der Waals surface area contributed by atoms with Crippen LogP contribution in [0.5, 0.6) is 0 Å². The van der Waals surface area contributed by atoms with Gasteiger partial charge < -0.3 is 21.1 Å². The number of anilines is 2. The van der Waals surface area contributed by atoms with Gasteiger partial charge in [-0.1, -0.05) is 0 Å². The molecule has 1 fully saturated rings. The van der Waals surface area contributed by atoms with Crippen LogP contribution in [0.1, 0.15) is 36.0 Å². The first kappa shape index (κ1) is 15.6. The molecule has 0 aliphatic heterocycles. The number of amides is 1. The highest BCUT2D eigenvalue weighted by molar-refractivity contribution is 6.00. The van der Waals surface area contributed by atoms with Crippen LogP contribution in [0.15, 0.2) is 18.2 Å². The first-order valence-corrected chi connectivity index (χ1v) is 7.50. The number of hydrogen-bond acceptors (Lipinski definition) is 4. The predicted molar refractivity (Wildman–Crippen MR) is 85.3 cm³/mol. The number of rotatable bonds is 4. The molecule has 5 nitrogen and oxygen atoms in total. The molecule has 1 aliphatic carbocycles. The van der Waals surface area contributed by atoms with Crippen molar-refractivity contribution in [2.24, 2.45) is 5.92 Å². The number of carbonyl (C=O) groups is 1. The smallest absolute Gasteiger partial charge is 0.255 e. The van der Waals surface area contributed by atoms with Crippen molar-refractivity contribution in [1.82, 2.24) is 4.90 Å². The molecule has 21 heavy (non-hydrogen) atoms. The molecule has 5 heteroatoms. The van der Waals surface area contributed by atoms with Crippen LogP contribution in [0, 0.1) is 5.92 Å². The second-order valence-electron chi connectivity index (χ2n) is 6.06. The number of carbonyl (C=O) groups excluding carboxylic acids is 1. The highest BCUT2D eigenvalue weighted by Gasteiger charge is 2.20. The molecule has 116 valence electrons. The maximum absolute atomic E-state index is 12.2. The van der Waals surface area contributed by atoms with Crippen molar-refractivity contribution in [3.8, 4) is 0 Å². The third-order valence-electron chi connectivity index (χ3n) is 4.08. The Bertz CT molecular complexity index is 494. The number of benzene rings is 1. The summed E-state index contributed by atoms with van der Waals surface area (Å²) in [6, 6.07) is 5.33. The summed E-state index contributed by atoms with van der Waals surface area (Å²) >= 11 is 0. The summed E-state index contributed by atoms with van der Waals surface area (Å²) in [7, 11) is 3.48. The van der Waals surface area contributed by atoms with Crippen LogP contribution in [-0.4, -0.2) is 42.7 Å². The number of hydrogen-bond donors (Lipinski definition) is 3. The SMILES string of the molecule is CN(C)C(=O)c1ccc(N)cc1NCC1CCC(O)CC1. The van der Waals surface area contributed by atoms with Crippen LogP contribution in [-0.2, 0) is 0 Å². The Morgan fingerprint density at radius 1 is 1.33 bits per heavy atom. The summed E-state index contributed by atoms with van der Waals surface area (Å²) in [6.07, 6.45) is 3.64. The van der Waals surface area contributed by atoms with Gasteiger partial charge in [0.15, 0.2) is 0 Å². The zero-order valence-electron chi connectivity index (χ0n) is 12.8. The predicted octanol–water partition coefficient (Wildman–Crippen LogP) is 1.93. The van der Waals surface area contributed by atoms with E-state index in [9.17, 15) is 9.90 Å². The first-order valence-electron chi connectivity index (χ1n) is 7.50. The van der Waals surface area contributed by atoms with E-state index in [-0.39, 0.29) is 12.0 Å². The third kappa shape index (κ3) is 4.11. The molecule has 1 aliphatic rings. The molecule has 1 amide bonds. The quantitative estimate of drug-likeness (QED) is 0.741. The molecular weight excluding hydrogens is 266 g/mol. The van der Waals surface area contributed by atoms with Crippen molar-refractivity contribution in [3.05, 3.63) is 23.8 Å². The standard InChI is InChI=1S/C16H25N3O2/c1-19(2)16(21)14-8-5-12(17)9-15(14)18-10-11-3-6-13(20)7-4-11/h5,8-9,11,13,18,20H,3-4,6-7,10,17H2,1-2H3. The third-order valence-corrected chi connectivity index (χ3v) is 4.08. The zero-order chi connectivity index (χ0) is 15.4. The number of nitrogens with zero attached hydrogens (tertiary/aromatic N) is 1. The molecule has 0 saturated heterocycles. The Morgan fingerprint density at radius 2 is 2.00 bits per heavy atom. The molecule has 1 saturated carbocycles. The minimum atomic E-state index is -0.139. The normalized spacial score (nSPS) is 21.9. The van der Waals surface area contributed by atoms with E-state index in [4.69, 9.17) is 5.73 Å². The largest absolute Gasteiger partial charge is 0.399 e. The Morgan fingerprint density at radius 3 is 2.62 bits per heavy atom. The van der Waals surface area contributed by atoms with E-state index in [0.717, 1.165) is 37.9 Å². The maximum Gasteiger partial charge on any atom is 0.255 e. The fourth-order valence-electron chi connectivity index (χ4n) is 2.74. The topological polar surface area (TPSA) is 78.6 Å². The molecule has 1 aromatic rings. The average Bonchev–Trinajstić information content (AvgIpc) is 2.46. The van der Waals surface area contributed by atoms with Crippen LogP contribution >= 0.6 is 0 Å². The fourth-order valence-corrected chi connectivity index (χ4v) is 2.74. The number of nitrogen functional groups attached to an aromatic ring is 1. The second-order valence-corrected chi connectivity index (χ2v) is 6.06. The molecule has 1 aromatic carbocycles. The summed E-state index contributed by atoms with van der Waals surface area (Å²) in [6.45, 7) is 0.809. The first-order chi connectivity index (χ1) is 9.97. The highest BCUT2D eigenvalue weighted by atomic mass is 16.3. The van der Waals surface area contributed by atoms with Crippen LogP contribution in [0.4, 0.5) is 11.4 Å². The molecule has 2 rings (SSSR count). The summed E-state index contributed by atoms with van der Waals surface area (Å²) in [4.78, 5) is 13.7. The molecular formula is C16H25N3O2. The number of nitrogens with two attached hydrogens (primary N) is 1. The lowest BCUT2D eigenvalue weighted by Gasteiger charge is -2.26. The summed E-state index contributed by atoms with van der Waals surface area (Å²) in [5.74, 6) is 0.508. The van der Waals surface area contributed by atoms with Gasteiger partial charge >= 0.3 is 0 Å². The van der Waals surface area contributed by atoms with Crippen LogP contribution < -0.4 is 11.1 Å². The van der Waals surface area contributed by atoms with E-state index < -0.39 is 0 Å². The van der Waals surface area contributed by atoms with E-state index in [1.807, 2.05) is 6.07 Å². The van der Waals surface area contributed by atoms with Gasteiger partial charge in [-0.15, -0.1) is 0 Å². The van der Waals surface area contributed by atoms with Gasteiger partial charge in [0.05, 0.1) is 11.7 Å². The molecule has 0 heterocycles. The molecule has 0 aromatic heterocycles. The van der Waals surface area contributed by atoms with Gasteiger partial charge in [-0.3, -0.25) is 4.79 Å². The van der Waals surface area contributed by atoms with E-state index >= 15 is 0 Å². The summed E-state index contributed by atoms with van der Waals surface area (Å²) < 4.78 is 0. The van der Waals surface area contributed by atoms with Crippen molar-refractivity contribution in [1.29, 1.82) is 0 Å². The van der Waals surface area contributed by atoms with Crippen molar-refractivity contribution < 1.29 is 9.90 Å². The van der Waals surface area contributed by atoms with Crippen molar-refractivity contribution >= 4 is 17.3 Å². The molecule has 0 spiro atoms. The lowest BCUT2D eigenvalue weighted by atomic mass is 9.87. The lowest BCUT2D eigenvalue weighted by Crippen LogP contribution is -2.26. The van der Waals surface area contributed by atoms with E-state index in [1.54, 1.807) is 31.1 Å². The molecule has 0 bridgehead atoms. The average molecular weight is 291 g/mol. The molecule has 0 unspecified atom stereocenters. The monoisotopic (exact) mass is 291 g/mol. The Kier molecular flexibility index (Phi) is 5.07. The van der Waals surface area contributed by atoms with E-state index in [0.29, 0.717) is 17.2 Å². The van der Waals surface area contributed by atoms with Crippen LogP contribution in [0.3, 0.4) is 0 Å². The van der Waals surface area contributed by atoms with Gasteiger partial charge in [-0.25, -0.2) is 0 Å². The van der Waals surface area contributed by atoms with Gasteiger partial charge in [0.1, 0.15) is 0 Å². The van der Waals surface area contributed by atoms with Crippen molar-refractivity contribution in [2.45, 2.75) is 31.8 Å². The Labute approximate surface area is 126 Å². The number of nitrogens with one attached hydrogen (secondary N) is 1. The van der Waals surface area contributed by atoms with Crippen molar-refractivity contribution in [3.63, 3.8) is 0 Å². The minimum Gasteiger partial charge on any atom is -0.399 e. The van der Waals surface area contributed by atoms with E-state index in [2.05, 4.69) is 5.32 Å². The second kappa shape index (κ2) is 6.80. The van der Waals surface area contributed by atoms with Gasteiger partial charge in [0.2, 0.25) is 0 Å². The van der Waals surface area contributed by atoms with Gasteiger partial charge in [0, 0.05) is 32.0 Å². The molecule has 0 atom stereocenters. The van der Waals surface area contributed by atoms with Crippen molar-refractivity contribution in [2.75, 3.05) is 31.7 Å². The van der Waals surface area contributed by atoms with Crippen LogP contribution in [0.2, 0.25) is 0 Å². The molecule has 0 radical (unpaired) electrons. The Balaban J connectivity index is 2.04. The van der Waals surface area contributed by atoms with Gasteiger partial charge in [-0.2, -0.15) is 0 Å². The van der Waals surface area contributed by atoms with E-state index in [1.165, 1.54) is 0 Å². The summed E-state index contributed by atoms with van der Waals surface area (Å²) in [5.41, 5.74) is 7.91. The minimum absolute atomic E-state index is 0.0310. The molecule has 4 N–H and O–H groups in total. The number of aliphatic hydroxyl groups excluding tert-OH is 1. The summed E-state index contributed by atoms with van der Waals surface area (Å²) in [5, 5.41) is 12.9. The van der Waals surface area contributed by atoms with Crippen LogP contribution in [0.25, 0.3) is 0 Å². The zero-order valence-corrected chi connectivity index (χ0v) is 12.8.